The molecule has 20 heavy (non-hydrogen) atoms. The van der Waals surface area contributed by atoms with Crippen molar-refractivity contribution >= 4 is 11.7 Å². The van der Waals surface area contributed by atoms with Crippen LogP contribution in [0.2, 0.25) is 0 Å². The fourth-order valence-electron chi connectivity index (χ4n) is 1.94. The molecule has 0 bridgehead atoms. The number of carboxylic acids is 1. The van der Waals surface area contributed by atoms with Gasteiger partial charge < -0.3 is 10.4 Å². The second-order valence-corrected chi connectivity index (χ2v) is 4.43. The summed E-state index contributed by atoms with van der Waals surface area (Å²) in [6.45, 7) is 1.69. The fraction of sp³-hybridized carbons (Fsp3) is 0.133. The minimum Gasteiger partial charge on any atom is -0.479 e. The van der Waals surface area contributed by atoms with Gasteiger partial charge in [-0.05, 0) is 48.4 Å². The summed E-state index contributed by atoms with van der Waals surface area (Å²) in [5, 5.41) is 12.0. The van der Waals surface area contributed by atoms with Crippen LogP contribution in [0.15, 0.2) is 42.5 Å². The predicted octanol–water partition coefficient (Wildman–Crippen LogP) is 3.51. The summed E-state index contributed by atoms with van der Waals surface area (Å²) in [5.74, 6) is -2.16. The fourth-order valence-corrected chi connectivity index (χ4v) is 1.94. The van der Waals surface area contributed by atoms with Gasteiger partial charge in [0.2, 0.25) is 0 Å². The average molecular weight is 277 g/mol. The average Bonchev–Trinajstić information content (AvgIpc) is 2.39. The number of benzene rings is 2. The standard InChI is InChI=1S/C15H13F2NO2/c1-9-5-6-11(17)8-13(9)14(15(19)20)18-12-4-2-3-10(16)7-12/h2-8,14,18H,1H3,(H,19,20). The second-order valence-electron chi connectivity index (χ2n) is 4.43. The first-order valence-electron chi connectivity index (χ1n) is 5.98. The van der Waals surface area contributed by atoms with Gasteiger partial charge in [-0.25, -0.2) is 13.6 Å². The molecule has 0 saturated carbocycles. The molecule has 2 N–H and O–H groups in total. The smallest absolute Gasteiger partial charge is 0.330 e. The first kappa shape index (κ1) is 14.0. The number of carbonyl (C=O) groups is 1. The van der Waals surface area contributed by atoms with Crippen molar-refractivity contribution in [3.63, 3.8) is 0 Å². The molecular weight excluding hydrogens is 264 g/mol. The van der Waals surface area contributed by atoms with E-state index < -0.39 is 23.6 Å². The zero-order valence-electron chi connectivity index (χ0n) is 10.7. The van der Waals surface area contributed by atoms with E-state index in [1.807, 2.05) is 0 Å². The first-order chi connectivity index (χ1) is 9.47. The number of halogens is 2. The van der Waals surface area contributed by atoms with Gasteiger partial charge in [0.15, 0.2) is 6.04 Å². The van der Waals surface area contributed by atoms with Gasteiger partial charge in [0.25, 0.3) is 0 Å². The maximum atomic E-state index is 13.3. The number of carboxylic acid groups (broad SMARTS) is 1. The van der Waals surface area contributed by atoms with Crippen molar-refractivity contribution in [1.82, 2.24) is 0 Å². The Morgan fingerprint density at radius 1 is 1.15 bits per heavy atom. The van der Waals surface area contributed by atoms with Gasteiger partial charge in [-0.3, -0.25) is 0 Å². The highest BCUT2D eigenvalue weighted by Crippen LogP contribution is 2.24. The molecule has 104 valence electrons. The lowest BCUT2D eigenvalue weighted by Crippen LogP contribution is -2.21. The Hall–Kier alpha value is -2.43. The lowest BCUT2D eigenvalue weighted by Gasteiger charge is -2.18. The molecule has 0 amide bonds. The third-order valence-electron chi connectivity index (χ3n) is 2.93. The van der Waals surface area contributed by atoms with Crippen molar-refractivity contribution in [3.8, 4) is 0 Å². The number of hydrogen-bond donors (Lipinski definition) is 2. The number of aryl methyl sites for hydroxylation is 1. The van der Waals surface area contributed by atoms with Gasteiger partial charge in [-0.2, -0.15) is 0 Å². The van der Waals surface area contributed by atoms with E-state index in [2.05, 4.69) is 5.32 Å². The molecule has 0 aromatic heterocycles. The molecule has 2 aromatic rings. The van der Waals surface area contributed by atoms with Crippen LogP contribution in [-0.2, 0) is 4.79 Å². The van der Waals surface area contributed by atoms with E-state index in [0.29, 0.717) is 16.8 Å². The molecular formula is C15H13F2NO2. The van der Waals surface area contributed by atoms with Crippen LogP contribution in [0.25, 0.3) is 0 Å². The summed E-state index contributed by atoms with van der Waals surface area (Å²) >= 11 is 0. The van der Waals surface area contributed by atoms with Crippen molar-refractivity contribution in [2.75, 3.05) is 5.32 Å². The lowest BCUT2D eigenvalue weighted by molar-refractivity contribution is -0.138. The van der Waals surface area contributed by atoms with Gasteiger partial charge in [-0.1, -0.05) is 12.1 Å². The van der Waals surface area contributed by atoms with E-state index in [0.717, 1.165) is 0 Å². The van der Waals surface area contributed by atoms with E-state index in [4.69, 9.17) is 0 Å². The molecule has 0 fully saturated rings. The summed E-state index contributed by atoms with van der Waals surface area (Å²) in [6.07, 6.45) is 0. The lowest BCUT2D eigenvalue weighted by atomic mass is 10.0. The van der Waals surface area contributed by atoms with Crippen LogP contribution in [0, 0.1) is 18.6 Å². The van der Waals surface area contributed by atoms with E-state index in [-0.39, 0.29) is 0 Å². The monoisotopic (exact) mass is 277 g/mol. The van der Waals surface area contributed by atoms with Gasteiger partial charge in [0.1, 0.15) is 11.6 Å². The number of anilines is 1. The molecule has 0 radical (unpaired) electrons. The number of aliphatic carboxylic acids is 1. The maximum absolute atomic E-state index is 13.3. The Balaban J connectivity index is 2.37. The molecule has 0 saturated heterocycles. The van der Waals surface area contributed by atoms with E-state index in [1.165, 1.54) is 36.4 Å². The molecule has 0 spiro atoms. The molecule has 2 rings (SSSR count). The molecule has 2 aromatic carbocycles. The zero-order valence-corrected chi connectivity index (χ0v) is 10.7. The Kier molecular flexibility index (Phi) is 3.98. The minimum atomic E-state index is -1.16. The highest BCUT2D eigenvalue weighted by atomic mass is 19.1. The van der Waals surface area contributed by atoms with E-state index in [1.54, 1.807) is 13.0 Å². The van der Waals surface area contributed by atoms with Crippen LogP contribution in [0.3, 0.4) is 0 Å². The van der Waals surface area contributed by atoms with Crippen LogP contribution in [-0.4, -0.2) is 11.1 Å². The Labute approximate surface area is 114 Å². The highest BCUT2D eigenvalue weighted by molar-refractivity contribution is 5.79. The Bertz CT molecular complexity index is 644. The SMILES string of the molecule is Cc1ccc(F)cc1C(Nc1cccc(F)c1)C(=O)O. The Morgan fingerprint density at radius 2 is 1.85 bits per heavy atom. The Morgan fingerprint density at radius 3 is 2.50 bits per heavy atom. The van der Waals surface area contributed by atoms with E-state index >= 15 is 0 Å². The summed E-state index contributed by atoms with van der Waals surface area (Å²) in [5.41, 5.74) is 1.27. The van der Waals surface area contributed by atoms with Gasteiger partial charge in [0, 0.05) is 5.69 Å². The molecule has 3 nitrogen and oxygen atoms in total. The second kappa shape index (κ2) is 5.69. The normalized spacial score (nSPS) is 11.9. The van der Waals surface area contributed by atoms with Crippen LogP contribution >= 0.6 is 0 Å². The highest BCUT2D eigenvalue weighted by Gasteiger charge is 2.22. The van der Waals surface area contributed by atoms with Crippen molar-refractivity contribution in [2.45, 2.75) is 13.0 Å². The summed E-state index contributed by atoms with van der Waals surface area (Å²) in [4.78, 5) is 11.4. The maximum Gasteiger partial charge on any atom is 0.330 e. The van der Waals surface area contributed by atoms with Crippen LogP contribution < -0.4 is 5.32 Å². The van der Waals surface area contributed by atoms with Gasteiger partial charge in [-0.15, -0.1) is 0 Å². The van der Waals surface area contributed by atoms with Crippen LogP contribution in [0.4, 0.5) is 14.5 Å². The van der Waals surface area contributed by atoms with Crippen LogP contribution in [0.1, 0.15) is 17.2 Å². The summed E-state index contributed by atoms with van der Waals surface area (Å²) in [7, 11) is 0. The third-order valence-corrected chi connectivity index (χ3v) is 2.93. The zero-order chi connectivity index (χ0) is 14.7. The van der Waals surface area contributed by atoms with Gasteiger partial charge >= 0.3 is 5.97 Å². The third kappa shape index (κ3) is 3.12. The van der Waals surface area contributed by atoms with Crippen molar-refractivity contribution < 1.29 is 18.7 Å². The molecule has 1 atom stereocenters. The minimum absolute atomic E-state index is 0.307. The molecule has 0 heterocycles. The summed E-state index contributed by atoms with van der Waals surface area (Å²) in [6, 6.07) is 8.25. The summed E-state index contributed by atoms with van der Waals surface area (Å²) < 4.78 is 26.4. The molecule has 5 heteroatoms. The largest absolute Gasteiger partial charge is 0.479 e. The quantitative estimate of drug-likeness (QED) is 0.899. The van der Waals surface area contributed by atoms with Crippen LogP contribution in [0.5, 0.6) is 0 Å². The molecule has 1 unspecified atom stereocenters. The van der Waals surface area contributed by atoms with Crippen molar-refractivity contribution in [3.05, 3.63) is 65.2 Å². The number of hydrogen-bond acceptors (Lipinski definition) is 2. The van der Waals surface area contributed by atoms with E-state index in [9.17, 15) is 18.7 Å². The molecule has 0 aliphatic heterocycles. The van der Waals surface area contributed by atoms with Crippen molar-refractivity contribution in [2.24, 2.45) is 0 Å². The van der Waals surface area contributed by atoms with Gasteiger partial charge in [0.05, 0.1) is 0 Å². The predicted molar refractivity (Wildman–Crippen MR) is 71.5 cm³/mol. The number of rotatable bonds is 4. The first-order valence-corrected chi connectivity index (χ1v) is 5.98. The topological polar surface area (TPSA) is 49.3 Å². The molecule has 0 aliphatic carbocycles. The van der Waals surface area contributed by atoms with Crippen molar-refractivity contribution in [1.29, 1.82) is 0 Å². The number of nitrogens with one attached hydrogen (secondary N) is 1. The molecule has 0 aliphatic rings.